The van der Waals surface area contributed by atoms with Crippen LogP contribution >= 0.6 is 0 Å². The number of fused-ring (bicyclic) bond motifs is 2. The molecule has 2 aromatic heterocycles. The summed E-state index contributed by atoms with van der Waals surface area (Å²) in [5.41, 5.74) is 8.48. The topological polar surface area (TPSA) is 127 Å². The zero-order valence-electron chi connectivity index (χ0n) is 17.3. The van der Waals surface area contributed by atoms with E-state index in [4.69, 9.17) is 5.73 Å². The maximum Gasteiger partial charge on any atom is 0.256 e. The molecule has 0 spiro atoms. The molecule has 9 nitrogen and oxygen atoms in total. The monoisotopic (exact) mass is 466 g/mol. The third-order valence-electron chi connectivity index (χ3n) is 5.63. The number of nitrogens with zero attached hydrogens (tertiary/aromatic N) is 5. The Morgan fingerprint density at radius 3 is 2.76 bits per heavy atom. The summed E-state index contributed by atoms with van der Waals surface area (Å²) in [6.07, 6.45) is 1.77. The van der Waals surface area contributed by atoms with Crippen LogP contribution in [0.2, 0.25) is 0 Å². The van der Waals surface area contributed by atoms with Crippen LogP contribution in [0.3, 0.4) is 0 Å². The minimum atomic E-state index is -3.78. The van der Waals surface area contributed by atoms with Crippen LogP contribution in [0.4, 0.5) is 15.9 Å². The molecule has 0 amide bonds. The third-order valence-corrected chi connectivity index (χ3v) is 7.01. The van der Waals surface area contributed by atoms with Gasteiger partial charge in [-0.05, 0) is 30.2 Å². The second-order valence-electron chi connectivity index (χ2n) is 7.68. The Hall–Kier alpha value is -3.99. The first-order chi connectivity index (χ1) is 15.8. The van der Waals surface area contributed by atoms with Gasteiger partial charge in [0.25, 0.3) is 10.0 Å². The number of halogens is 1. The molecule has 2 aromatic carbocycles. The smallest absolute Gasteiger partial charge is 0.256 e. The molecule has 11 heteroatoms. The lowest BCUT2D eigenvalue weighted by Gasteiger charge is -2.34. The second-order valence-corrected chi connectivity index (χ2v) is 9.48. The molecule has 0 bridgehead atoms. The van der Waals surface area contributed by atoms with Crippen LogP contribution < -0.4 is 10.0 Å². The zero-order valence-corrected chi connectivity index (χ0v) is 18.1. The molecule has 1 unspecified atom stereocenters. The van der Waals surface area contributed by atoms with Gasteiger partial charge in [-0.1, -0.05) is 24.8 Å². The number of aromatic hydroxyl groups is 1. The largest absolute Gasteiger partial charge is 0.508 e. The van der Waals surface area contributed by atoms with Crippen LogP contribution in [0.5, 0.6) is 5.75 Å². The van der Waals surface area contributed by atoms with E-state index in [1.807, 2.05) is 12.1 Å². The highest BCUT2D eigenvalue weighted by molar-refractivity contribution is 7.95. The fourth-order valence-electron chi connectivity index (χ4n) is 4.19. The highest BCUT2D eigenvalue weighted by Crippen LogP contribution is 2.38. The zero-order chi connectivity index (χ0) is 23.3. The molecule has 1 atom stereocenters. The summed E-state index contributed by atoms with van der Waals surface area (Å²) < 4.78 is 42.5. The number of anilines is 2. The number of para-hydroxylation sites is 1. The summed E-state index contributed by atoms with van der Waals surface area (Å²) in [7, 11) is -3.78. The summed E-state index contributed by atoms with van der Waals surface area (Å²) >= 11 is 0. The Morgan fingerprint density at radius 1 is 1.21 bits per heavy atom. The van der Waals surface area contributed by atoms with E-state index in [1.54, 1.807) is 16.8 Å². The van der Waals surface area contributed by atoms with Gasteiger partial charge in [0.2, 0.25) is 0 Å². The summed E-state index contributed by atoms with van der Waals surface area (Å²) in [5, 5.41) is 15.8. The Labute approximate surface area is 188 Å². The molecule has 3 heterocycles. The van der Waals surface area contributed by atoms with Gasteiger partial charge in [-0.2, -0.15) is 5.10 Å². The van der Waals surface area contributed by atoms with Crippen LogP contribution in [0, 0.1) is 5.82 Å². The van der Waals surface area contributed by atoms with Crippen molar-refractivity contribution < 1.29 is 17.9 Å². The van der Waals surface area contributed by atoms with E-state index >= 15 is 0 Å². The SMILES string of the molecule is C=CS(=O)(=O)N1CC(n2nc(-c3cc(O)cc(F)c3)c3c(N)ncnc32)Cc2ccccc21. The van der Waals surface area contributed by atoms with Gasteiger partial charge in [-0.15, -0.1) is 0 Å². The van der Waals surface area contributed by atoms with E-state index in [0.29, 0.717) is 28.7 Å². The maximum absolute atomic E-state index is 14.0. The molecule has 5 rings (SSSR count). The minimum absolute atomic E-state index is 0.0832. The van der Waals surface area contributed by atoms with Crippen LogP contribution in [0.1, 0.15) is 11.6 Å². The van der Waals surface area contributed by atoms with E-state index in [-0.39, 0.29) is 23.8 Å². The fraction of sp³-hybridized carbons (Fsp3) is 0.136. The molecule has 0 radical (unpaired) electrons. The van der Waals surface area contributed by atoms with Gasteiger partial charge < -0.3 is 10.8 Å². The van der Waals surface area contributed by atoms with Gasteiger partial charge in [0.05, 0.1) is 23.7 Å². The first-order valence-electron chi connectivity index (χ1n) is 10.00. The lowest BCUT2D eigenvalue weighted by atomic mass is 10.00. The standard InChI is InChI=1S/C22H19FN6O3S/c1-2-33(31,32)28-11-16(8-13-5-3-4-6-18(13)28)29-22-19(21(24)25-12-26-22)20(27-29)14-7-15(23)10-17(30)9-14/h2-7,9-10,12,16,30H,1,8,11H2,(H2,24,25,26). The highest BCUT2D eigenvalue weighted by atomic mass is 32.2. The Morgan fingerprint density at radius 2 is 2.00 bits per heavy atom. The Kier molecular flexibility index (Phi) is 4.78. The van der Waals surface area contributed by atoms with Gasteiger partial charge in [-0.25, -0.2) is 27.5 Å². The van der Waals surface area contributed by atoms with E-state index in [0.717, 1.165) is 17.0 Å². The molecule has 1 aliphatic rings. The van der Waals surface area contributed by atoms with Crippen molar-refractivity contribution in [2.45, 2.75) is 12.5 Å². The number of phenols is 1. The van der Waals surface area contributed by atoms with Gasteiger partial charge in [-0.3, -0.25) is 4.31 Å². The minimum Gasteiger partial charge on any atom is -0.508 e. The van der Waals surface area contributed by atoms with Crippen molar-refractivity contribution in [2.75, 3.05) is 16.6 Å². The van der Waals surface area contributed by atoms with Crippen LogP contribution in [-0.4, -0.2) is 39.8 Å². The number of aromatic nitrogens is 4. The molecule has 0 saturated heterocycles. The second kappa shape index (κ2) is 7.55. The summed E-state index contributed by atoms with van der Waals surface area (Å²) in [5.74, 6) is -0.771. The van der Waals surface area contributed by atoms with Crippen LogP contribution in [0.25, 0.3) is 22.3 Å². The number of rotatable bonds is 4. The van der Waals surface area contributed by atoms with Crippen molar-refractivity contribution in [3.05, 3.63) is 72.2 Å². The summed E-state index contributed by atoms with van der Waals surface area (Å²) in [6, 6.07) is 10.3. The maximum atomic E-state index is 14.0. The third kappa shape index (κ3) is 3.46. The number of sulfonamides is 1. The van der Waals surface area contributed by atoms with E-state index in [2.05, 4.69) is 21.6 Å². The van der Waals surface area contributed by atoms with Crippen molar-refractivity contribution in [3.8, 4) is 17.0 Å². The summed E-state index contributed by atoms with van der Waals surface area (Å²) in [4.78, 5) is 8.37. The Balaban J connectivity index is 1.71. The quantitative estimate of drug-likeness (QED) is 0.473. The van der Waals surface area contributed by atoms with Gasteiger partial charge in [0.15, 0.2) is 5.65 Å². The first kappa shape index (κ1) is 20.9. The lowest BCUT2D eigenvalue weighted by Crippen LogP contribution is -2.40. The van der Waals surface area contributed by atoms with Gasteiger partial charge >= 0.3 is 0 Å². The van der Waals surface area contributed by atoms with Crippen molar-refractivity contribution in [2.24, 2.45) is 0 Å². The lowest BCUT2D eigenvalue weighted by molar-refractivity contribution is 0.457. The van der Waals surface area contributed by atoms with Gasteiger partial charge in [0, 0.05) is 17.0 Å². The molecule has 0 aliphatic carbocycles. The molecular weight excluding hydrogens is 447 g/mol. The molecule has 168 valence electrons. The van der Waals surface area contributed by atoms with E-state index < -0.39 is 21.9 Å². The molecule has 0 saturated carbocycles. The molecule has 33 heavy (non-hydrogen) atoms. The predicted octanol–water partition coefficient (Wildman–Crippen LogP) is 3.00. The normalized spacial score (nSPS) is 16.0. The number of benzene rings is 2. The molecule has 4 aromatic rings. The first-order valence-corrected chi connectivity index (χ1v) is 11.5. The molecule has 1 aliphatic heterocycles. The number of hydrogen-bond acceptors (Lipinski definition) is 7. The highest BCUT2D eigenvalue weighted by Gasteiger charge is 2.33. The van der Waals surface area contributed by atoms with Crippen molar-refractivity contribution >= 4 is 32.6 Å². The molecular formula is C22H19FN6O3S. The number of nitrogen functional groups attached to an aromatic ring is 1. The Bertz CT molecular complexity index is 1500. The van der Waals surface area contributed by atoms with Crippen molar-refractivity contribution in [1.82, 2.24) is 19.7 Å². The van der Waals surface area contributed by atoms with Crippen molar-refractivity contribution in [3.63, 3.8) is 0 Å². The number of hydrogen-bond donors (Lipinski definition) is 2. The van der Waals surface area contributed by atoms with Crippen LogP contribution in [0.15, 0.2) is 60.8 Å². The summed E-state index contributed by atoms with van der Waals surface area (Å²) in [6.45, 7) is 3.53. The molecule has 3 N–H and O–H groups in total. The molecule has 0 fully saturated rings. The predicted molar refractivity (Wildman–Crippen MR) is 122 cm³/mol. The average molecular weight is 466 g/mol. The average Bonchev–Trinajstić information content (AvgIpc) is 3.19. The fourth-order valence-corrected chi connectivity index (χ4v) is 5.20. The van der Waals surface area contributed by atoms with Crippen LogP contribution in [-0.2, 0) is 16.4 Å². The van der Waals surface area contributed by atoms with E-state index in [1.165, 1.54) is 22.8 Å². The van der Waals surface area contributed by atoms with Gasteiger partial charge in [0.1, 0.15) is 29.4 Å². The number of nitrogens with two attached hydrogens (primary N) is 1. The van der Waals surface area contributed by atoms with E-state index in [9.17, 15) is 17.9 Å². The number of phenolic OH excluding ortho intramolecular Hbond substituents is 1. The van der Waals surface area contributed by atoms with Crippen molar-refractivity contribution in [1.29, 1.82) is 0 Å².